The summed E-state index contributed by atoms with van der Waals surface area (Å²) in [5.74, 6) is 0.531. The van der Waals surface area contributed by atoms with E-state index in [0.717, 1.165) is 11.4 Å². The predicted octanol–water partition coefficient (Wildman–Crippen LogP) is 2.53. The number of hydrogen-bond donors (Lipinski definition) is 1. The number of hydrogen-bond acceptors (Lipinski definition) is 3. The highest BCUT2D eigenvalue weighted by Gasteiger charge is 2.08. The van der Waals surface area contributed by atoms with Gasteiger partial charge in [0.15, 0.2) is 0 Å². The molecular weight excluding hydrogens is 224 g/mol. The van der Waals surface area contributed by atoms with Crippen LogP contribution in [0.4, 0.5) is 5.82 Å². The Labute approximate surface area is 101 Å². The molecule has 2 N–H and O–H groups in total. The molecule has 0 fully saturated rings. The summed E-state index contributed by atoms with van der Waals surface area (Å²) in [5.41, 5.74) is 7.51. The van der Waals surface area contributed by atoms with Crippen LogP contribution >= 0.6 is 12.4 Å². The molecule has 0 saturated carbocycles. The first-order chi connectivity index (χ1) is 7.18. The van der Waals surface area contributed by atoms with E-state index in [1.165, 1.54) is 0 Å². The van der Waals surface area contributed by atoms with Crippen molar-refractivity contribution >= 4 is 18.2 Å². The van der Waals surface area contributed by atoms with Crippen LogP contribution in [-0.4, -0.2) is 14.5 Å². The Kier molecular flexibility index (Phi) is 3.90. The first kappa shape index (κ1) is 12.5. The summed E-state index contributed by atoms with van der Waals surface area (Å²) in [5, 5.41) is 0. The lowest BCUT2D eigenvalue weighted by atomic mass is 10.2. The maximum atomic E-state index is 5.65. The Morgan fingerprint density at radius 2 is 2.06 bits per heavy atom. The second-order valence-electron chi connectivity index (χ2n) is 3.73. The quantitative estimate of drug-likeness (QED) is 0.875. The summed E-state index contributed by atoms with van der Waals surface area (Å²) in [4.78, 5) is 8.41. The molecule has 4 nitrogen and oxygen atoms in total. The number of nitrogens with two attached hydrogens (primary N) is 1. The average molecular weight is 239 g/mol. The van der Waals surface area contributed by atoms with Crippen LogP contribution in [-0.2, 0) is 0 Å². The molecular formula is C11H15ClN4. The van der Waals surface area contributed by atoms with Crippen LogP contribution in [0.25, 0.3) is 11.4 Å². The summed E-state index contributed by atoms with van der Waals surface area (Å²) in [6.07, 6.45) is 3.62. The molecule has 2 heterocycles. The molecule has 2 aromatic rings. The number of pyridine rings is 1. The number of nitrogen functional groups attached to an aromatic ring is 1. The van der Waals surface area contributed by atoms with E-state index in [9.17, 15) is 0 Å². The fourth-order valence-corrected chi connectivity index (χ4v) is 1.51. The molecule has 0 aliphatic rings. The predicted molar refractivity (Wildman–Crippen MR) is 67.5 cm³/mol. The van der Waals surface area contributed by atoms with Crippen molar-refractivity contribution in [2.75, 3.05) is 5.73 Å². The number of imidazole rings is 1. The number of anilines is 1. The van der Waals surface area contributed by atoms with E-state index >= 15 is 0 Å². The summed E-state index contributed by atoms with van der Waals surface area (Å²) >= 11 is 0. The standard InChI is InChI=1S/C11H14N4.ClH/c1-8(2)15-7-13-6-10(15)9-4-3-5-11(12)14-9;/h3-8H,1-2H3,(H2,12,14);1H. The molecule has 0 aliphatic heterocycles. The molecule has 0 radical (unpaired) electrons. The van der Waals surface area contributed by atoms with Gasteiger partial charge in [-0.2, -0.15) is 0 Å². The molecule has 0 amide bonds. The molecule has 86 valence electrons. The minimum atomic E-state index is 0. The normalized spacial score (nSPS) is 10.2. The van der Waals surface area contributed by atoms with E-state index in [1.807, 2.05) is 24.7 Å². The second-order valence-corrected chi connectivity index (χ2v) is 3.73. The topological polar surface area (TPSA) is 56.7 Å². The van der Waals surface area contributed by atoms with Crippen LogP contribution in [0.2, 0.25) is 0 Å². The number of nitrogens with zero attached hydrogens (tertiary/aromatic N) is 3. The zero-order valence-electron chi connectivity index (χ0n) is 9.29. The van der Waals surface area contributed by atoms with E-state index < -0.39 is 0 Å². The van der Waals surface area contributed by atoms with Crippen molar-refractivity contribution in [2.24, 2.45) is 0 Å². The zero-order chi connectivity index (χ0) is 10.8. The van der Waals surface area contributed by atoms with Gasteiger partial charge in [0.05, 0.1) is 23.9 Å². The van der Waals surface area contributed by atoms with Gasteiger partial charge < -0.3 is 10.3 Å². The van der Waals surface area contributed by atoms with Gasteiger partial charge in [-0.25, -0.2) is 9.97 Å². The van der Waals surface area contributed by atoms with E-state index in [-0.39, 0.29) is 12.4 Å². The molecule has 0 saturated heterocycles. The molecule has 5 heteroatoms. The third-order valence-corrected chi connectivity index (χ3v) is 2.26. The highest BCUT2D eigenvalue weighted by Crippen LogP contribution is 2.20. The zero-order valence-corrected chi connectivity index (χ0v) is 10.1. The Morgan fingerprint density at radius 3 is 2.69 bits per heavy atom. The van der Waals surface area contributed by atoms with Crippen molar-refractivity contribution in [1.29, 1.82) is 0 Å². The van der Waals surface area contributed by atoms with Gasteiger partial charge in [-0.1, -0.05) is 6.07 Å². The third kappa shape index (κ3) is 2.33. The van der Waals surface area contributed by atoms with Crippen molar-refractivity contribution in [3.05, 3.63) is 30.7 Å². The summed E-state index contributed by atoms with van der Waals surface area (Å²) in [6.45, 7) is 4.22. The van der Waals surface area contributed by atoms with Crippen molar-refractivity contribution in [1.82, 2.24) is 14.5 Å². The van der Waals surface area contributed by atoms with Gasteiger partial charge in [0.2, 0.25) is 0 Å². The van der Waals surface area contributed by atoms with Crippen molar-refractivity contribution < 1.29 is 0 Å². The minimum absolute atomic E-state index is 0. The third-order valence-electron chi connectivity index (χ3n) is 2.26. The largest absolute Gasteiger partial charge is 0.384 e. The Bertz CT molecular complexity index is 465. The summed E-state index contributed by atoms with van der Waals surface area (Å²) in [6, 6.07) is 5.98. The van der Waals surface area contributed by atoms with E-state index in [0.29, 0.717) is 11.9 Å². The SMILES string of the molecule is CC(C)n1cncc1-c1cccc(N)n1.Cl. The molecule has 0 aromatic carbocycles. The lowest BCUT2D eigenvalue weighted by Crippen LogP contribution is -2.02. The van der Waals surface area contributed by atoms with Crippen LogP contribution in [0.1, 0.15) is 19.9 Å². The van der Waals surface area contributed by atoms with Gasteiger partial charge in [0, 0.05) is 6.04 Å². The molecule has 2 rings (SSSR count). The molecule has 0 aliphatic carbocycles. The highest BCUT2D eigenvalue weighted by molar-refractivity contribution is 5.85. The van der Waals surface area contributed by atoms with Gasteiger partial charge in [0.25, 0.3) is 0 Å². The number of halogens is 1. The summed E-state index contributed by atoms with van der Waals surface area (Å²) in [7, 11) is 0. The Morgan fingerprint density at radius 1 is 1.31 bits per heavy atom. The Balaban J connectivity index is 0.00000128. The summed E-state index contributed by atoms with van der Waals surface area (Å²) < 4.78 is 2.07. The van der Waals surface area contributed by atoms with Gasteiger partial charge >= 0.3 is 0 Å². The molecule has 16 heavy (non-hydrogen) atoms. The van der Waals surface area contributed by atoms with E-state index in [1.54, 1.807) is 6.07 Å². The van der Waals surface area contributed by atoms with E-state index in [4.69, 9.17) is 5.73 Å². The van der Waals surface area contributed by atoms with Crippen LogP contribution < -0.4 is 5.73 Å². The van der Waals surface area contributed by atoms with Crippen LogP contribution in [0.15, 0.2) is 30.7 Å². The van der Waals surface area contributed by atoms with Gasteiger partial charge in [-0.3, -0.25) is 0 Å². The second kappa shape index (κ2) is 4.99. The van der Waals surface area contributed by atoms with Crippen molar-refractivity contribution in [3.63, 3.8) is 0 Å². The number of aromatic nitrogens is 3. The molecule has 0 unspecified atom stereocenters. The lowest BCUT2D eigenvalue weighted by molar-refractivity contribution is 0.604. The van der Waals surface area contributed by atoms with Gasteiger partial charge in [-0.15, -0.1) is 12.4 Å². The van der Waals surface area contributed by atoms with Crippen molar-refractivity contribution in [3.8, 4) is 11.4 Å². The Hall–Kier alpha value is -1.55. The number of rotatable bonds is 2. The fourth-order valence-electron chi connectivity index (χ4n) is 1.51. The molecule has 0 spiro atoms. The maximum Gasteiger partial charge on any atom is 0.124 e. The molecule has 0 atom stereocenters. The fraction of sp³-hybridized carbons (Fsp3) is 0.273. The van der Waals surface area contributed by atoms with Gasteiger partial charge in [-0.05, 0) is 26.0 Å². The van der Waals surface area contributed by atoms with Gasteiger partial charge in [0.1, 0.15) is 5.82 Å². The van der Waals surface area contributed by atoms with E-state index in [2.05, 4.69) is 28.4 Å². The highest BCUT2D eigenvalue weighted by atomic mass is 35.5. The first-order valence-corrected chi connectivity index (χ1v) is 4.93. The van der Waals surface area contributed by atoms with Crippen molar-refractivity contribution in [2.45, 2.75) is 19.9 Å². The molecule has 2 aromatic heterocycles. The van der Waals surface area contributed by atoms with Crippen LogP contribution in [0.3, 0.4) is 0 Å². The lowest BCUT2D eigenvalue weighted by Gasteiger charge is -2.11. The monoisotopic (exact) mass is 238 g/mol. The van der Waals surface area contributed by atoms with Crippen LogP contribution in [0, 0.1) is 0 Å². The average Bonchev–Trinajstić information content (AvgIpc) is 2.65. The maximum absolute atomic E-state index is 5.65. The molecule has 0 bridgehead atoms. The van der Waals surface area contributed by atoms with Crippen LogP contribution in [0.5, 0.6) is 0 Å². The first-order valence-electron chi connectivity index (χ1n) is 4.93. The smallest absolute Gasteiger partial charge is 0.124 e. The minimum Gasteiger partial charge on any atom is -0.384 e.